The van der Waals surface area contributed by atoms with E-state index in [0.717, 1.165) is 56.6 Å². The molecule has 0 bridgehead atoms. The first kappa shape index (κ1) is 22.4. The second-order valence-electron chi connectivity index (χ2n) is 9.17. The van der Waals surface area contributed by atoms with Crippen molar-refractivity contribution in [3.05, 3.63) is 108 Å². The van der Waals surface area contributed by atoms with Crippen LogP contribution in [0.15, 0.2) is 91.1 Å². The summed E-state index contributed by atoms with van der Waals surface area (Å²) in [5, 5.41) is 10.5. The van der Waals surface area contributed by atoms with Crippen molar-refractivity contribution in [2.24, 2.45) is 0 Å². The number of rotatable bonds is 8. The molecule has 2 heterocycles. The van der Waals surface area contributed by atoms with Gasteiger partial charge in [-0.3, -0.25) is 4.90 Å². The molecular formula is C30H32N4. The highest BCUT2D eigenvalue weighted by atomic mass is 15.3. The van der Waals surface area contributed by atoms with E-state index in [0.29, 0.717) is 6.04 Å². The Hall–Kier alpha value is -3.39. The number of nitriles is 1. The smallest absolute Gasteiger partial charge is 0.101 e. The molecule has 1 aliphatic heterocycles. The maximum absolute atomic E-state index is 9.42. The second kappa shape index (κ2) is 10.7. The van der Waals surface area contributed by atoms with Crippen molar-refractivity contribution in [2.45, 2.75) is 25.4 Å². The van der Waals surface area contributed by atoms with E-state index in [1.165, 1.54) is 23.1 Å². The summed E-state index contributed by atoms with van der Waals surface area (Å²) < 4.78 is 2.25. The number of hydrogen-bond donors (Lipinski definition) is 0. The Bertz CT molecular complexity index is 1190. The second-order valence-corrected chi connectivity index (χ2v) is 9.17. The fourth-order valence-electron chi connectivity index (χ4n) is 5.27. The van der Waals surface area contributed by atoms with Gasteiger partial charge in [0.25, 0.3) is 0 Å². The Kier molecular flexibility index (Phi) is 7.05. The minimum absolute atomic E-state index is 0.320. The molecule has 3 aromatic carbocycles. The van der Waals surface area contributed by atoms with Crippen LogP contribution in [-0.4, -0.2) is 47.1 Å². The first-order chi connectivity index (χ1) is 16.8. The van der Waals surface area contributed by atoms with Gasteiger partial charge >= 0.3 is 0 Å². The minimum atomic E-state index is 0.320. The molecule has 0 unspecified atom stereocenters. The number of benzene rings is 3. The summed E-state index contributed by atoms with van der Waals surface area (Å²) in [5.41, 5.74) is 4.69. The summed E-state index contributed by atoms with van der Waals surface area (Å²) in [4.78, 5) is 5.24. The molecule has 0 amide bonds. The summed E-state index contributed by atoms with van der Waals surface area (Å²) in [7, 11) is 0. The highest BCUT2D eigenvalue weighted by Crippen LogP contribution is 2.29. The van der Waals surface area contributed by atoms with Gasteiger partial charge in [0.05, 0.1) is 11.6 Å². The van der Waals surface area contributed by atoms with Gasteiger partial charge in [-0.25, -0.2) is 0 Å². The summed E-state index contributed by atoms with van der Waals surface area (Å²) in [6, 6.07) is 32.7. The van der Waals surface area contributed by atoms with Crippen molar-refractivity contribution in [3.8, 4) is 6.07 Å². The molecule has 5 rings (SSSR count). The van der Waals surface area contributed by atoms with E-state index < -0.39 is 0 Å². The van der Waals surface area contributed by atoms with Gasteiger partial charge in [-0.05, 0) is 36.6 Å². The van der Waals surface area contributed by atoms with Crippen molar-refractivity contribution in [1.29, 1.82) is 5.26 Å². The van der Waals surface area contributed by atoms with Crippen LogP contribution in [0.3, 0.4) is 0 Å². The van der Waals surface area contributed by atoms with Gasteiger partial charge in [0.15, 0.2) is 0 Å². The molecule has 34 heavy (non-hydrogen) atoms. The lowest BCUT2D eigenvalue weighted by atomic mass is 9.96. The van der Waals surface area contributed by atoms with Crippen molar-refractivity contribution >= 4 is 10.9 Å². The average molecular weight is 449 g/mol. The number of para-hydroxylation sites is 1. The van der Waals surface area contributed by atoms with E-state index in [1.54, 1.807) is 0 Å². The van der Waals surface area contributed by atoms with Crippen LogP contribution in [0.2, 0.25) is 0 Å². The van der Waals surface area contributed by atoms with E-state index in [9.17, 15) is 5.26 Å². The number of fused-ring (bicyclic) bond motifs is 1. The standard InChI is InChI=1S/C30H32N4/c31-23-27-24-34(29-16-8-7-15-28(27)29)18-10-9-17-32-19-21-33(22-20-32)30(25-11-3-1-4-12-25)26-13-5-2-6-14-26/h1-8,11-16,24,30H,9-10,17-22H2. The number of hydrogen-bond acceptors (Lipinski definition) is 3. The summed E-state index contributed by atoms with van der Waals surface area (Å²) in [6.45, 7) is 6.50. The Labute approximate surface area is 202 Å². The highest BCUT2D eigenvalue weighted by molar-refractivity contribution is 5.86. The van der Waals surface area contributed by atoms with Crippen LogP contribution in [0, 0.1) is 11.3 Å². The van der Waals surface area contributed by atoms with Crippen molar-refractivity contribution in [1.82, 2.24) is 14.4 Å². The van der Waals surface area contributed by atoms with Crippen LogP contribution < -0.4 is 0 Å². The van der Waals surface area contributed by atoms with Gasteiger partial charge in [0, 0.05) is 49.8 Å². The molecule has 0 atom stereocenters. The lowest BCUT2D eigenvalue weighted by Crippen LogP contribution is -2.48. The Morgan fingerprint density at radius 1 is 0.706 bits per heavy atom. The third kappa shape index (κ3) is 4.92. The van der Waals surface area contributed by atoms with Crippen molar-refractivity contribution in [3.63, 3.8) is 0 Å². The topological polar surface area (TPSA) is 35.2 Å². The summed E-state index contributed by atoms with van der Waals surface area (Å²) in [6.07, 6.45) is 4.31. The molecule has 4 heteroatoms. The first-order valence-corrected chi connectivity index (χ1v) is 12.4. The molecule has 0 N–H and O–H groups in total. The number of nitrogens with zero attached hydrogens (tertiary/aromatic N) is 4. The van der Waals surface area contributed by atoms with Crippen LogP contribution in [-0.2, 0) is 6.54 Å². The predicted molar refractivity (Wildman–Crippen MR) is 139 cm³/mol. The third-order valence-electron chi connectivity index (χ3n) is 7.04. The molecule has 4 nitrogen and oxygen atoms in total. The summed E-state index contributed by atoms with van der Waals surface area (Å²) >= 11 is 0. The lowest BCUT2D eigenvalue weighted by Gasteiger charge is -2.39. The van der Waals surface area contributed by atoms with E-state index in [2.05, 4.69) is 93.2 Å². The number of unbranched alkanes of at least 4 members (excludes halogenated alkanes) is 1. The normalized spacial score (nSPS) is 15.1. The van der Waals surface area contributed by atoms with Gasteiger partial charge in [0.2, 0.25) is 0 Å². The molecule has 1 aromatic heterocycles. The zero-order chi connectivity index (χ0) is 23.2. The fraction of sp³-hybridized carbons (Fsp3) is 0.300. The summed E-state index contributed by atoms with van der Waals surface area (Å²) in [5.74, 6) is 0. The largest absolute Gasteiger partial charge is 0.346 e. The molecule has 1 fully saturated rings. The van der Waals surface area contributed by atoms with Crippen molar-refractivity contribution in [2.75, 3.05) is 32.7 Å². The fourth-order valence-corrected chi connectivity index (χ4v) is 5.27. The van der Waals surface area contributed by atoms with Gasteiger partial charge in [0.1, 0.15) is 6.07 Å². The first-order valence-electron chi connectivity index (χ1n) is 12.4. The molecule has 0 spiro atoms. The van der Waals surface area contributed by atoms with Gasteiger partial charge in [-0.2, -0.15) is 5.26 Å². The molecule has 1 aliphatic rings. The van der Waals surface area contributed by atoms with E-state index in [4.69, 9.17) is 0 Å². The number of aromatic nitrogens is 1. The van der Waals surface area contributed by atoms with Crippen molar-refractivity contribution < 1.29 is 0 Å². The maximum atomic E-state index is 9.42. The lowest BCUT2D eigenvalue weighted by molar-refractivity contribution is 0.108. The van der Waals surface area contributed by atoms with Gasteiger partial charge in [-0.1, -0.05) is 78.9 Å². The monoisotopic (exact) mass is 448 g/mol. The van der Waals surface area contributed by atoms with Crippen LogP contribution in [0.25, 0.3) is 10.9 Å². The highest BCUT2D eigenvalue weighted by Gasteiger charge is 2.26. The molecule has 0 radical (unpaired) electrons. The maximum Gasteiger partial charge on any atom is 0.101 e. The Morgan fingerprint density at radius 3 is 1.94 bits per heavy atom. The van der Waals surface area contributed by atoms with Gasteiger partial charge in [-0.15, -0.1) is 0 Å². The number of aryl methyl sites for hydroxylation is 1. The predicted octanol–water partition coefficient (Wildman–Crippen LogP) is 5.70. The SMILES string of the molecule is N#Cc1cn(CCCCN2CCN(C(c3ccccc3)c3ccccc3)CC2)c2ccccc12. The van der Waals surface area contributed by atoms with Crippen LogP contribution >= 0.6 is 0 Å². The van der Waals surface area contributed by atoms with Crippen LogP contribution in [0.1, 0.15) is 35.6 Å². The Balaban J connectivity index is 1.15. The number of piperazine rings is 1. The zero-order valence-electron chi connectivity index (χ0n) is 19.7. The minimum Gasteiger partial charge on any atom is -0.346 e. The molecule has 0 saturated carbocycles. The zero-order valence-corrected chi connectivity index (χ0v) is 19.7. The van der Waals surface area contributed by atoms with Crippen LogP contribution in [0.4, 0.5) is 0 Å². The van der Waals surface area contributed by atoms with E-state index in [-0.39, 0.29) is 0 Å². The molecule has 4 aromatic rings. The van der Waals surface area contributed by atoms with E-state index >= 15 is 0 Å². The van der Waals surface area contributed by atoms with E-state index in [1.807, 2.05) is 18.3 Å². The molecule has 0 aliphatic carbocycles. The molecule has 1 saturated heterocycles. The quantitative estimate of drug-likeness (QED) is 0.324. The van der Waals surface area contributed by atoms with Gasteiger partial charge < -0.3 is 9.47 Å². The van der Waals surface area contributed by atoms with Crippen LogP contribution in [0.5, 0.6) is 0 Å². The molecular weight excluding hydrogens is 416 g/mol. The average Bonchev–Trinajstić information content (AvgIpc) is 3.27. The molecule has 172 valence electrons. The Morgan fingerprint density at radius 2 is 1.29 bits per heavy atom. The third-order valence-corrected chi connectivity index (χ3v) is 7.04.